The summed E-state index contributed by atoms with van der Waals surface area (Å²) in [6.07, 6.45) is -4.33. The van der Waals surface area contributed by atoms with Gasteiger partial charge in [-0.25, -0.2) is 0 Å². The Labute approximate surface area is 96.3 Å². The van der Waals surface area contributed by atoms with E-state index in [0.717, 1.165) is 0 Å². The summed E-state index contributed by atoms with van der Waals surface area (Å²) in [6, 6.07) is 5.54. The lowest BCUT2D eigenvalue weighted by molar-refractivity contribution is -0.274. The summed E-state index contributed by atoms with van der Waals surface area (Å²) in [5, 5.41) is 0. The van der Waals surface area contributed by atoms with Crippen molar-refractivity contribution in [2.24, 2.45) is 5.73 Å². The molecule has 0 saturated carbocycles. The second-order valence-electron chi connectivity index (χ2n) is 3.86. The molecule has 6 heteroatoms. The van der Waals surface area contributed by atoms with Crippen LogP contribution >= 0.6 is 0 Å². The zero-order valence-corrected chi connectivity index (χ0v) is 8.91. The Hall–Kier alpha value is -1.27. The average Bonchev–Trinajstić information content (AvgIpc) is 2.62. The molecule has 0 radical (unpaired) electrons. The number of hydrogen-bond donors (Lipinski definition) is 1. The van der Waals surface area contributed by atoms with Gasteiger partial charge in [-0.1, -0.05) is 12.1 Å². The number of alkyl halides is 3. The summed E-state index contributed by atoms with van der Waals surface area (Å²) in [6.45, 7) is 0.524. The van der Waals surface area contributed by atoms with Crippen molar-refractivity contribution in [3.8, 4) is 5.75 Å². The predicted octanol–water partition coefficient (Wildman–Crippen LogP) is 2.37. The van der Waals surface area contributed by atoms with E-state index < -0.39 is 6.36 Å². The lowest BCUT2D eigenvalue weighted by atomic mass is 10.0. The van der Waals surface area contributed by atoms with Gasteiger partial charge >= 0.3 is 6.36 Å². The van der Waals surface area contributed by atoms with Crippen LogP contribution in [0, 0.1) is 0 Å². The minimum absolute atomic E-state index is 0.184. The van der Waals surface area contributed by atoms with Crippen LogP contribution in [-0.2, 0) is 4.74 Å². The summed E-state index contributed by atoms with van der Waals surface area (Å²) in [5.74, 6) is -0.252. The summed E-state index contributed by atoms with van der Waals surface area (Å²) >= 11 is 0. The molecule has 1 aliphatic rings. The predicted molar refractivity (Wildman–Crippen MR) is 54.4 cm³/mol. The van der Waals surface area contributed by atoms with Crippen molar-refractivity contribution in [1.82, 2.24) is 0 Å². The zero-order chi connectivity index (χ0) is 12.5. The van der Waals surface area contributed by atoms with Crippen LogP contribution in [0.2, 0.25) is 0 Å². The largest absolute Gasteiger partial charge is 0.573 e. The van der Waals surface area contributed by atoms with Crippen LogP contribution in [0.3, 0.4) is 0 Å². The van der Waals surface area contributed by atoms with Gasteiger partial charge < -0.3 is 15.2 Å². The van der Waals surface area contributed by atoms with Gasteiger partial charge in [-0.2, -0.15) is 0 Å². The molecule has 2 unspecified atom stereocenters. The molecule has 0 bridgehead atoms. The minimum Gasteiger partial charge on any atom is -0.406 e. The van der Waals surface area contributed by atoms with Crippen molar-refractivity contribution in [1.29, 1.82) is 0 Å². The lowest BCUT2D eigenvalue weighted by Gasteiger charge is -2.16. The van der Waals surface area contributed by atoms with E-state index in [-0.39, 0.29) is 17.9 Å². The second-order valence-corrected chi connectivity index (χ2v) is 3.86. The molecular formula is C11H12F3NO2. The Morgan fingerprint density at radius 2 is 2.12 bits per heavy atom. The normalized spacial score (nSPS) is 24.9. The smallest absolute Gasteiger partial charge is 0.406 e. The molecule has 0 amide bonds. The minimum atomic E-state index is -4.68. The first-order valence-corrected chi connectivity index (χ1v) is 5.18. The monoisotopic (exact) mass is 247 g/mol. The van der Waals surface area contributed by atoms with Crippen molar-refractivity contribution in [2.75, 3.05) is 6.61 Å². The van der Waals surface area contributed by atoms with Gasteiger partial charge in [0.2, 0.25) is 0 Å². The van der Waals surface area contributed by atoms with Crippen LogP contribution in [-0.4, -0.2) is 19.0 Å². The molecule has 0 spiro atoms. The summed E-state index contributed by atoms with van der Waals surface area (Å²) in [5.41, 5.74) is 6.41. The molecular weight excluding hydrogens is 235 g/mol. The van der Waals surface area contributed by atoms with Crippen molar-refractivity contribution in [3.05, 3.63) is 29.8 Å². The molecule has 1 aliphatic heterocycles. The van der Waals surface area contributed by atoms with Gasteiger partial charge in [0.15, 0.2) is 0 Å². The fraction of sp³-hybridized carbons (Fsp3) is 0.455. The number of ether oxygens (including phenoxy) is 2. The van der Waals surface area contributed by atoms with Gasteiger partial charge in [0.1, 0.15) is 5.75 Å². The highest BCUT2D eigenvalue weighted by atomic mass is 19.4. The highest BCUT2D eigenvalue weighted by Gasteiger charge is 2.32. The van der Waals surface area contributed by atoms with Crippen LogP contribution in [0.25, 0.3) is 0 Å². The molecule has 1 heterocycles. The Morgan fingerprint density at radius 3 is 2.71 bits per heavy atom. The van der Waals surface area contributed by atoms with Gasteiger partial charge in [-0.3, -0.25) is 0 Å². The van der Waals surface area contributed by atoms with Crippen LogP contribution < -0.4 is 10.5 Å². The van der Waals surface area contributed by atoms with Gasteiger partial charge in [0.25, 0.3) is 0 Å². The summed E-state index contributed by atoms with van der Waals surface area (Å²) in [7, 11) is 0. The maximum Gasteiger partial charge on any atom is 0.573 e. The third-order valence-corrected chi connectivity index (χ3v) is 2.56. The van der Waals surface area contributed by atoms with Crippen LogP contribution in [0.5, 0.6) is 5.75 Å². The van der Waals surface area contributed by atoms with E-state index in [2.05, 4.69) is 4.74 Å². The molecule has 1 aromatic carbocycles. The Bertz CT molecular complexity index is 395. The number of hydrogen-bond acceptors (Lipinski definition) is 3. The molecule has 2 N–H and O–H groups in total. The molecule has 1 fully saturated rings. The van der Waals surface area contributed by atoms with E-state index in [9.17, 15) is 13.2 Å². The average molecular weight is 247 g/mol. The quantitative estimate of drug-likeness (QED) is 0.872. The van der Waals surface area contributed by atoms with Crippen molar-refractivity contribution >= 4 is 0 Å². The first-order chi connectivity index (χ1) is 7.96. The number of halogens is 3. The molecule has 1 saturated heterocycles. The molecule has 94 valence electrons. The highest BCUT2D eigenvalue weighted by molar-refractivity contribution is 5.31. The zero-order valence-electron chi connectivity index (χ0n) is 8.91. The van der Waals surface area contributed by atoms with Gasteiger partial charge in [-0.15, -0.1) is 13.2 Å². The Kier molecular flexibility index (Phi) is 3.26. The number of benzene rings is 1. The second kappa shape index (κ2) is 4.54. The van der Waals surface area contributed by atoms with Gasteiger partial charge in [0.05, 0.1) is 6.10 Å². The van der Waals surface area contributed by atoms with E-state index in [1.54, 1.807) is 6.07 Å². The molecule has 17 heavy (non-hydrogen) atoms. The fourth-order valence-electron chi connectivity index (χ4n) is 1.84. The topological polar surface area (TPSA) is 44.5 Å². The van der Waals surface area contributed by atoms with Crippen molar-refractivity contribution in [3.63, 3.8) is 0 Å². The molecule has 2 atom stereocenters. The molecule has 3 nitrogen and oxygen atoms in total. The van der Waals surface area contributed by atoms with Crippen LogP contribution in [0.15, 0.2) is 24.3 Å². The van der Waals surface area contributed by atoms with E-state index in [1.807, 2.05) is 0 Å². The fourth-order valence-corrected chi connectivity index (χ4v) is 1.84. The summed E-state index contributed by atoms with van der Waals surface area (Å²) < 4.78 is 45.4. The highest BCUT2D eigenvalue weighted by Crippen LogP contribution is 2.31. The molecule has 2 rings (SSSR count). The Balaban J connectivity index is 2.16. The maximum absolute atomic E-state index is 12.0. The van der Waals surface area contributed by atoms with E-state index in [4.69, 9.17) is 10.5 Å². The third kappa shape index (κ3) is 3.10. The molecule has 1 aromatic rings. The standard InChI is InChI=1S/C11H12F3NO2/c12-11(13,14)17-8-3-1-2-7(6-8)10-9(15)4-5-16-10/h1-3,6,9-10H,4-5,15H2. The first-order valence-electron chi connectivity index (χ1n) is 5.18. The maximum atomic E-state index is 12.0. The molecule has 0 aromatic heterocycles. The van der Waals surface area contributed by atoms with E-state index in [1.165, 1.54) is 18.2 Å². The SMILES string of the molecule is NC1CCOC1c1cccc(OC(F)(F)F)c1. The van der Waals surface area contributed by atoms with Crippen molar-refractivity contribution < 1.29 is 22.6 Å². The summed E-state index contributed by atoms with van der Waals surface area (Å²) in [4.78, 5) is 0. The van der Waals surface area contributed by atoms with Crippen LogP contribution in [0.4, 0.5) is 13.2 Å². The van der Waals surface area contributed by atoms with Crippen LogP contribution in [0.1, 0.15) is 18.1 Å². The Morgan fingerprint density at radius 1 is 1.35 bits per heavy atom. The van der Waals surface area contributed by atoms with E-state index in [0.29, 0.717) is 18.6 Å². The first kappa shape index (κ1) is 12.2. The molecule has 0 aliphatic carbocycles. The number of nitrogens with two attached hydrogens (primary N) is 1. The lowest BCUT2D eigenvalue weighted by Crippen LogP contribution is -2.23. The van der Waals surface area contributed by atoms with E-state index >= 15 is 0 Å². The number of rotatable bonds is 2. The van der Waals surface area contributed by atoms with Crippen molar-refractivity contribution in [2.45, 2.75) is 24.9 Å². The third-order valence-electron chi connectivity index (χ3n) is 2.56. The van der Waals surface area contributed by atoms with Gasteiger partial charge in [0, 0.05) is 12.6 Å². The van der Waals surface area contributed by atoms with Gasteiger partial charge in [-0.05, 0) is 24.1 Å².